The van der Waals surface area contributed by atoms with Crippen molar-refractivity contribution >= 4 is 22.4 Å². The fourth-order valence-electron chi connectivity index (χ4n) is 3.07. The normalized spacial score (nSPS) is 22.7. The van der Waals surface area contributed by atoms with Crippen molar-refractivity contribution in [2.24, 2.45) is 5.92 Å². The predicted octanol–water partition coefficient (Wildman–Crippen LogP) is 4.17. The van der Waals surface area contributed by atoms with Gasteiger partial charge in [-0.2, -0.15) is 4.37 Å². The van der Waals surface area contributed by atoms with Crippen LogP contribution < -0.4 is 11.1 Å². The van der Waals surface area contributed by atoms with Gasteiger partial charge in [0.05, 0.1) is 5.56 Å². The van der Waals surface area contributed by atoms with Gasteiger partial charge in [0.2, 0.25) is 0 Å². The molecule has 0 saturated heterocycles. The van der Waals surface area contributed by atoms with E-state index >= 15 is 0 Å². The number of nitrogens with two attached hydrogens (primary N) is 1. The van der Waals surface area contributed by atoms with Crippen LogP contribution in [0.25, 0.3) is 11.1 Å². The summed E-state index contributed by atoms with van der Waals surface area (Å²) in [6.07, 6.45) is 10.1. The molecule has 1 aliphatic rings. The van der Waals surface area contributed by atoms with Crippen LogP contribution in [0.1, 0.15) is 39.0 Å². The van der Waals surface area contributed by atoms with Crippen molar-refractivity contribution in [1.29, 1.82) is 0 Å². The number of nitrogen functional groups attached to an aromatic ring is 1. The fraction of sp³-hybridized carbons (Fsp3) is 0.500. The molecule has 1 saturated carbocycles. The number of nitrogens with zero attached hydrogens (tertiary/aromatic N) is 2. The van der Waals surface area contributed by atoms with Crippen molar-refractivity contribution in [2.75, 3.05) is 11.1 Å². The zero-order chi connectivity index (χ0) is 14.7. The summed E-state index contributed by atoms with van der Waals surface area (Å²) in [4.78, 5) is 4.08. The predicted molar refractivity (Wildman–Crippen MR) is 89.4 cm³/mol. The number of pyridine rings is 1. The molecule has 2 atom stereocenters. The summed E-state index contributed by atoms with van der Waals surface area (Å²) in [5.41, 5.74) is 8.19. The molecule has 21 heavy (non-hydrogen) atoms. The molecule has 2 aromatic rings. The van der Waals surface area contributed by atoms with Crippen LogP contribution >= 0.6 is 11.5 Å². The Kier molecular flexibility index (Phi) is 4.39. The lowest BCUT2D eigenvalue weighted by atomic mass is 9.97. The van der Waals surface area contributed by atoms with Crippen LogP contribution in [0.3, 0.4) is 0 Å². The molecule has 3 N–H and O–H groups in total. The zero-order valence-corrected chi connectivity index (χ0v) is 13.2. The van der Waals surface area contributed by atoms with Gasteiger partial charge in [0.1, 0.15) is 10.8 Å². The third kappa shape index (κ3) is 3.18. The Morgan fingerprint density at radius 3 is 2.76 bits per heavy atom. The summed E-state index contributed by atoms with van der Waals surface area (Å²) in [6.45, 7) is 2.35. The van der Waals surface area contributed by atoms with Crippen molar-refractivity contribution < 1.29 is 0 Å². The Bertz CT molecular complexity index is 581. The highest BCUT2D eigenvalue weighted by Gasteiger charge is 2.22. The number of rotatable bonds is 3. The maximum Gasteiger partial charge on any atom is 0.147 e. The molecule has 0 aromatic carbocycles. The number of hydrogen-bond acceptors (Lipinski definition) is 5. The van der Waals surface area contributed by atoms with Crippen molar-refractivity contribution in [2.45, 2.75) is 45.1 Å². The van der Waals surface area contributed by atoms with E-state index < -0.39 is 0 Å². The molecule has 0 bridgehead atoms. The zero-order valence-electron chi connectivity index (χ0n) is 12.4. The van der Waals surface area contributed by atoms with Crippen molar-refractivity contribution in [3.8, 4) is 11.1 Å². The molecular formula is C16H22N4S. The van der Waals surface area contributed by atoms with Crippen LogP contribution in [0.4, 0.5) is 10.8 Å². The monoisotopic (exact) mass is 302 g/mol. The first-order valence-corrected chi connectivity index (χ1v) is 8.45. The van der Waals surface area contributed by atoms with Gasteiger partial charge in [0.25, 0.3) is 0 Å². The summed E-state index contributed by atoms with van der Waals surface area (Å²) in [7, 11) is 0. The van der Waals surface area contributed by atoms with Gasteiger partial charge in [0, 0.05) is 18.4 Å². The molecule has 0 aliphatic heterocycles. The van der Waals surface area contributed by atoms with E-state index in [0.29, 0.717) is 17.8 Å². The minimum absolute atomic E-state index is 0.521. The van der Waals surface area contributed by atoms with Gasteiger partial charge in [-0.15, -0.1) is 0 Å². The van der Waals surface area contributed by atoms with Gasteiger partial charge < -0.3 is 11.1 Å². The van der Waals surface area contributed by atoms with Crippen LogP contribution in [0.15, 0.2) is 24.5 Å². The van der Waals surface area contributed by atoms with Crippen molar-refractivity contribution in [3.63, 3.8) is 0 Å². The minimum Gasteiger partial charge on any atom is -0.382 e. The highest BCUT2D eigenvalue weighted by Crippen LogP contribution is 2.38. The van der Waals surface area contributed by atoms with E-state index in [4.69, 9.17) is 5.73 Å². The molecular weight excluding hydrogens is 280 g/mol. The lowest BCUT2D eigenvalue weighted by molar-refractivity contribution is 0.457. The molecule has 0 spiro atoms. The second-order valence-corrected chi connectivity index (χ2v) is 6.65. The molecule has 1 fully saturated rings. The first-order chi connectivity index (χ1) is 10.3. The summed E-state index contributed by atoms with van der Waals surface area (Å²) in [6, 6.07) is 4.50. The van der Waals surface area contributed by atoms with Gasteiger partial charge in [-0.05, 0) is 48.0 Å². The smallest absolute Gasteiger partial charge is 0.147 e. The summed E-state index contributed by atoms with van der Waals surface area (Å²) < 4.78 is 4.34. The molecule has 0 amide bonds. The molecule has 2 aromatic heterocycles. The van der Waals surface area contributed by atoms with E-state index in [0.717, 1.165) is 16.1 Å². The Labute approximate surface area is 130 Å². The number of nitrogens with one attached hydrogen (secondary N) is 1. The molecule has 5 heteroatoms. The third-order valence-electron chi connectivity index (χ3n) is 4.37. The first-order valence-electron chi connectivity index (χ1n) is 7.68. The summed E-state index contributed by atoms with van der Waals surface area (Å²) in [5, 5.41) is 4.81. The average Bonchev–Trinajstić information content (AvgIpc) is 2.74. The van der Waals surface area contributed by atoms with E-state index in [1.807, 2.05) is 12.1 Å². The Balaban J connectivity index is 1.86. The van der Waals surface area contributed by atoms with Gasteiger partial charge in [-0.1, -0.05) is 26.2 Å². The second kappa shape index (κ2) is 6.43. The molecule has 1 aliphatic carbocycles. The molecule has 3 rings (SSSR count). The summed E-state index contributed by atoms with van der Waals surface area (Å²) in [5.74, 6) is 1.30. The maximum atomic E-state index is 6.08. The largest absolute Gasteiger partial charge is 0.382 e. The Hall–Kier alpha value is -1.62. The van der Waals surface area contributed by atoms with Gasteiger partial charge in [0.15, 0.2) is 0 Å². The standard InChI is InChI=1S/C16H22N4S/c1-11-5-3-2-4-6-13(11)19-16-14(15(17)20-21-16)12-7-9-18-10-8-12/h7-11,13,19H,2-6H2,1H3,(H2,17,20). The quantitative estimate of drug-likeness (QED) is 0.835. The molecule has 4 nitrogen and oxygen atoms in total. The van der Waals surface area contributed by atoms with Crippen LogP contribution in [0.2, 0.25) is 0 Å². The minimum atomic E-state index is 0.521. The Morgan fingerprint density at radius 2 is 1.95 bits per heavy atom. The lowest BCUT2D eigenvalue weighted by Crippen LogP contribution is -2.26. The average molecular weight is 302 g/mol. The second-order valence-electron chi connectivity index (χ2n) is 5.87. The van der Waals surface area contributed by atoms with E-state index in [1.54, 1.807) is 12.4 Å². The topological polar surface area (TPSA) is 63.8 Å². The Morgan fingerprint density at radius 1 is 1.19 bits per heavy atom. The highest BCUT2D eigenvalue weighted by molar-refractivity contribution is 7.11. The van der Waals surface area contributed by atoms with Gasteiger partial charge in [-0.3, -0.25) is 4.98 Å². The summed E-state index contributed by atoms with van der Waals surface area (Å²) >= 11 is 1.47. The maximum absolute atomic E-state index is 6.08. The third-order valence-corrected chi connectivity index (χ3v) is 5.16. The lowest BCUT2D eigenvalue weighted by Gasteiger charge is -2.23. The number of aromatic nitrogens is 2. The van der Waals surface area contributed by atoms with Gasteiger partial charge in [-0.25, -0.2) is 0 Å². The first kappa shape index (κ1) is 14.3. The molecule has 112 valence electrons. The van der Waals surface area contributed by atoms with Crippen molar-refractivity contribution in [1.82, 2.24) is 9.36 Å². The van der Waals surface area contributed by atoms with Crippen LogP contribution in [-0.2, 0) is 0 Å². The van der Waals surface area contributed by atoms with Gasteiger partial charge >= 0.3 is 0 Å². The van der Waals surface area contributed by atoms with Crippen LogP contribution in [0.5, 0.6) is 0 Å². The molecule has 2 heterocycles. The van der Waals surface area contributed by atoms with E-state index in [1.165, 1.54) is 43.6 Å². The van der Waals surface area contributed by atoms with Crippen LogP contribution in [0, 0.1) is 5.92 Å². The number of anilines is 2. The highest BCUT2D eigenvalue weighted by atomic mass is 32.1. The van der Waals surface area contributed by atoms with E-state index in [-0.39, 0.29) is 0 Å². The van der Waals surface area contributed by atoms with Crippen LogP contribution in [-0.4, -0.2) is 15.4 Å². The molecule has 0 radical (unpaired) electrons. The number of hydrogen-bond donors (Lipinski definition) is 2. The molecule has 2 unspecified atom stereocenters. The van der Waals surface area contributed by atoms with E-state index in [9.17, 15) is 0 Å². The SMILES string of the molecule is CC1CCCCCC1Nc1snc(N)c1-c1ccncc1. The van der Waals surface area contributed by atoms with E-state index in [2.05, 4.69) is 21.6 Å². The van der Waals surface area contributed by atoms with Crippen molar-refractivity contribution in [3.05, 3.63) is 24.5 Å². The fourth-order valence-corrected chi connectivity index (χ4v) is 3.87.